The molecule has 1 saturated heterocycles. The normalized spacial score (nSPS) is 15.0. The summed E-state index contributed by atoms with van der Waals surface area (Å²) in [5, 5.41) is 13.0. The zero-order chi connectivity index (χ0) is 46.0. The van der Waals surface area contributed by atoms with Crippen LogP contribution in [0.25, 0.3) is 0 Å². The van der Waals surface area contributed by atoms with Gasteiger partial charge in [-0.05, 0) is 66.2 Å². The topological polar surface area (TPSA) is 211 Å². The number of imide groups is 2. The molecule has 3 heterocycles. The number of ether oxygens (including phenoxy) is 4. The van der Waals surface area contributed by atoms with E-state index in [1.54, 1.807) is 42.5 Å². The highest BCUT2D eigenvalue weighted by Gasteiger charge is 2.45. The lowest BCUT2D eigenvalue weighted by Crippen LogP contribution is -2.54. The van der Waals surface area contributed by atoms with Crippen molar-refractivity contribution in [3.63, 3.8) is 0 Å². The van der Waals surface area contributed by atoms with Crippen LogP contribution in [0.4, 0.5) is 17.1 Å². The molecule has 1 aromatic heterocycles. The number of carbonyl (C=O) groups excluding carboxylic acids is 7. The molecule has 0 spiro atoms. The van der Waals surface area contributed by atoms with Crippen LogP contribution < -0.4 is 26.2 Å². The molecular weight excluding hydrogens is 880 g/mol. The molecule has 19 heteroatoms. The molecule has 0 aliphatic carbocycles. The molecule has 0 radical (unpaired) electrons. The number of rotatable bonds is 26. The van der Waals surface area contributed by atoms with E-state index >= 15 is 0 Å². The third-order valence-corrected chi connectivity index (χ3v) is 11.5. The van der Waals surface area contributed by atoms with Gasteiger partial charge in [-0.2, -0.15) is 0 Å². The summed E-state index contributed by atoms with van der Waals surface area (Å²) in [5.41, 5.74) is 2.88. The summed E-state index contributed by atoms with van der Waals surface area (Å²) in [6.07, 6.45) is 0.871. The monoisotopic (exact) mass is 930 g/mol. The molecule has 2 atom stereocenters. The number of amides is 7. The summed E-state index contributed by atoms with van der Waals surface area (Å²) in [7, 11) is 0. The average molecular weight is 931 g/mol. The maximum Gasteiger partial charge on any atom is 0.264 e. The van der Waals surface area contributed by atoms with Gasteiger partial charge in [0, 0.05) is 41.4 Å². The molecule has 0 saturated carbocycles. The van der Waals surface area contributed by atoms with E-state index in [0.717, 1.165) is 10.5 Å². The minimum absolute atomic E-state index is 0.0471. The first-order valence-electron chi connectivity index (χ1n) is 21.2. The van der Waals surface area contributed by atoms with Crippen LogP contribution in [0.2, 0.25) is 0 Å². The smallest absolute Gasteiger partial charge is 0.264 e. The van der Waals surface area contributed by atoms with E-state index in [1.165, 1.54) is 22.3 Å². The molecule has 344 valence electrons. The third-order valence-electron chi connectivity index (χ3n) is 10.3. The van der Waals surface area contributed by atoms with E-state index in [-0.39, 0.29) is 61.3 Å². The van der Waals surface area contributed by atoms with Crippen molar-refractivity contribution in [2.45, 2.75) is 37.8 Å². The van der Waals surface area contributed by atoms with Crippen molar-refractivity contribution in [3.8, 4) is 0 Å². The highest BCUT2D eigenvalue weighted by atomic mass is 35.5. The van der Waals surface area contributed by atoms with Crippen LogP contribution in [0.3, 0.4) is 0 Å². The van der Waals surface area contributed by atoms with E-state index in [1.807, 2.05) is 41.8 Å². The first-order valence-corrected chi connectivity index (χ1v) is 22.6. The number of nitrogens with zero attached hydrogens (tertiary/aromatic N) is 2. The quantitative estimate of drug-likeness (QED) is 0.0394. The van der Waals surface area contributed by atoms with E-state index in [0.29, 0.717) is 81.1 Å². The third kappa shape index (κ3) is 13.5. The molecule has 17 nitrogen and oxygen atoms in total. The van der Waals surface area contributed by atoms with Gasteiger partial charge in [0.05, 0.1) is 70.4 Å². The van der Waals surface area contributed by atoms with Gasteiger partial charge >= 0.3 is 0 Å². The Labute approximate surface area is 385 Å². The second-order valence-electron chi connectivity index (χ2n) is 14.7. The number of hydrogen-bond donors (Lipinski definition) is 4. The predicted molar refractivity (Wildman–Crippen MR) is 243 cm³/mol. The summed E-state index contributed by atoms with van der Waals surface area (Å²) < 4.78 is 22.2. The lowest BCUT2D eigenvalue weighted by Gasteiger charge is -2.30. The second-order valence-corrected chi connectivity index (χ2v) is 16.0. The highest BCUT2D eigenvalue weighted by Crippen LogP contribution is 2.33. The van der Waals surface area contributed by atoms with Crippen LogP contribution in [0.15, 0.2) is 90.3 Å². The fourth-order valence-electron chi connectivity index (χ4n) is 7.17. The lowest BCUT2D eigenvalue weighted by molar-refractivity contribution is -0.136. The Bertz CT molecular complexity index is 2260. The van der Waals surface area contributed by atoms with Crippen LogP contribution >= 0.6 is 22.9 Å². The van der Waals surface area contributed by atoms with Gasteiger partial charge in [-0.1, -0.05) is 42.5 Å². The Morgan fingerprint density at radius 1 is 0.785 bits per heavy atom. The van der Waals surface area contributed by atoms with Gasteiger partial charge in [0.1, 0.15) is 18.0 Å². The maximum atomic E-state index is 13.6. The van der Waals surface area contributed by atoms with Crippen molar-refractivity contribution in [2.75, 3.05) is 87.4 Å². The average Bonchev–Trinajstić information content (AvgIpc) is 3.93. The van der Waals surface area contributed by atoms with Gasteiger partial charge in [0.25, 0.3) is 11.8 Å². The molecule has 1 fully saturated rings. The number of hydrogen-bond acceptors (Lipinski definition) is 13. The predicted octanol–water partition coefficient (Wildman–Crippen LogP) is 4.33. The molecule has 2 aliphatic heterocycles. The summed E-state index contributed by atoms with van der Waals surface area (Å²) in [6, 6.07) is 23.0. The zero-order valence-corrected chi connectivity index (χ0v) is 37.2. The molecule has 7 amide bonds. The van der Waals surface area contributed by atoms with Crippen molar-refractivity contribution in [3.05, 3.63) is 112 Å². The zero-order valence-electron chi connectivity index (χ0n) is 35.6. The summed E-state index contributed by atoms with van der Waals surface area (Å²) in [4.78, 5) is 92.6. The van der Waals surface area contributed by atoms with Crippen LogP contribution in [-0.2, 0) is 49.3 Å². The van der Waals surface area contributed by atoms with Gasteiger partial charge in [-0.25, -0.2) is 0 Å². The Kier molecular flexibility index (Phi) is 18.5. The molecule has 4 N–H and O–H groups in total. The Morgan fingerprint density at radius 2 is 1.48 bits per heavy atom. The number of anilines is 3. The summed E-state index contributed by atoms with van der Waals surface area (Å²) in [5.74, 6) is -3.61. The largest absolute Gasteiger partial charge is 0.382 e. The molecule has 4 aromatic rings. The second kappa shape index (κ2) is 24.9. The molecule has 3 aromatic carbocycles. The maximum absolute atomic E-state index is 13.6. The molecule has 65 heavy (non-hydrogen) atoms. The molecule has 0 bridgehead atoms. The van der Waals surface area contributed by atoms with Crippen molar-refractivity contribution in [1.29, 1.82) is 0 Å². The number of fused-ring (bicyclic) bond motifs is 1. The van der Waals surface area contributed by atoms with E-state index in [2.05, 4.69) is 21.3 Å². The number of halogens is 1. The SMILES string of the molecule is O=C1CCC(N2C(=O)c3cccc(NCCOCCOCCOCCOCCC(=O)Nc4ccc(N(C(=O)CCl)C(C(=O)NCCc5ccccc5)c5cccs5)cc4)c3C2=O)C(=O)N1. The minimum Gasteiger partial charge on any atom is -0.382 e. The number of piperidine rings is 1. The van der Waals surface area contributed by atoms with Gasteiger partial charge < -0.3 is 34.9 Å². The van der Waals surface area contributed by atoms with Crippen LogP contribution in [0, 0.1) is 0 Å². The first-order chi connectivity index (χ1) is 31.7. The first kappa shape index (κ1) is 48.4. The van der Waals surface area contributed by atoms with Gasteiger partial charge in [0.2, 0.25) is 29.5 Å². The Morgan fingerprint density at radius 3 is 2.14 bits per heavy atom. The Balaban J connectivity index is 0.810. The number of alkyl halides is 1. The fourth-order valence-corrected chi connectivity index (χ4v) is 8.11. The van der Waals surface area contributed by atoms with Crippen LogP contribution in [0.5, 0.6) is 0 Å². The highest BCUT2D eigenvalue weighted by molar-refractivity contribution is 7.10. The van der Waals surface area contributed by atoms with E-state index in [9.17, 15) is 33.6 Å². The van der Waals surface area contributed by atoms with E-state index < -0.39 is 41.6 Å². The van der Waals surface area contributed by atoms with Crippen molar-refractivity contribution in [2.24, 2.45) is 0 Å². The minimum atomic E-state index is -1.03. The van der Waals surface area contributed by atoms with Gasteiger partial charge in [-0.15, -0.1) is 22.9 Å². The molecule has 6 rings (SSSR count). The number of nitrogens with one attached hydrogen (secondary N) is 4. The molecule has 2 aliphatic rings. The van der Waals surface area contributed by atoms with E-state index in [4.69, 9.17) is 30.5 Å². The number of carbonyl (C=O) groups is 7. The fraction of sp³-hybridized carbons (Fsp3) is 0.370. The van der Waals surface area contributed by atoms with Gasteiger partial charge in [-0.3, -0.25) is 48.7 Å². The van der Waals surface area contributed by atoms with Gasteiger partial charge in [0.15, 0.2) is 0 Å². The van der Waals surface area contributed by atoms with Crippen molar-refractivity contribution >= 4 is 81.4 Å². The molecular formula is C46H51ClN6O11S. The number of thiophene rings is 1. The van der Waals surface area contributed by atoms with Crippen LogP contribution in [0.1, 0.15) is 56.5 Å². The molecule has 2 unspecified atom stereocenters. The standard InChI is InChI=1S/C46H51ClN6O11S/c47-30-40(56)52(42(37-10-5-29-65-37)44(58)49-19-17-31-6-2-1-3-7-31)33-13-11-32(12-14-33)50-39(55)18-21-61-23-25-63-27-28-64-26-24-62-22-20-48-35-9-4-8-34-41(35)46(60)53(45(34)59)36-15-16-38(54)51-43(36)57/h1-14,29,36,42,48H,15-28,30H2,(H,49,58)(H,50,55)(H,51,54,57). The number of benzene rings is 3. The summed E-state index contributed by atoms with van der Waals surface area (Å²) in [6.45, 7) is 3.14. The van der Waals surface area contributed by atoms with Crippen LogP contribution in [-0.4, -0.2) is 124 Å². The summed E-state index contributed by atoms with van der Waals surface area (Å²) >= 11 is 7.41. The van der Waals surface area contributed by atoms with Crippen molar-refractivity contribution in [1.82, 2.24) is 15.5 Å². The Hall–Kier alpha value is -6.02. The van der Waals surface area contributed by atoms with Crippen molar-refractivity contribution < 1.29 is 52.5 Å². The lowest BCUT2D eigenvalue weighted by atomic mass is 10.0.